The molecule has 0 saturated carbocycles. The predicted octanol–water partition coefficient (Wildman–Crippen LogP) is 2.72. The molecule has 1 heterocycles. The number of ether oxygens (including phenoxy) is 1. The molecule has 4 amide bonds. The van der Waals surface area contributed by atoms with Crippen LogP contribution >= 0.6 is 0 Å². The van der Waals surface area contributed by atoms with Gasteiger partial charge in [-0.25, -0.2) is 4.79 Å². The zero-order chi connectivity index (χ0) is 20.5. The summed E-state index contributed by atoms with van der Waals surface area (Å²) >= 11 is 0. The molecule has 7 heteroatoms. The van der Waals surface area contributed by atoms with Crippen molar-refractivity contribution in [2.24, 2.45) is 0 Å². The Morgan fingerprint density at radius 2 is 1.82 bits per heavy atom. The second-order valence-electron chi connectivity index (χ2n) is 7.05. The van der Waals surface area contributed by atoms with Gasteiger partial charge < -0.3 is 15.4 Å². The molecule has 3 rings (SSSR count). The van der Waals surface area contributed by atoms with E-state index in [0.29, 0.717) is 17.0 Å². The number of methoxy groups -OCH3 is 1. The maximum atomic E-state index is 13.0. The lowest BCUT2D eigenvalue weighted by atomic mass is 9.90. The van der Waals surface area contributed by atoms with E-state index < -0.39 is 23.4 Å². The molecule has 2 N–H and O–H groups in total. The van der Waals surface area contributed by atoms with E-state index in [9.17, 15) is 14.4 Å². The molecule has 1 aliphatic rings. The largest absolute Gasteiger partial charge is 0.496 e. The van der Waals surface area contributed by atoms with Gasteiger partial charge in [-0.1, -0.05) is 23.8 Å². The van der Waals surface area contributed by atoms with Crippen LogP contribution in [0, 0.1) is 13.8 Å². The molecule has 0 aliphatic carbocycles. The molecule has 28 heavy (non-hydrogen) atoms. The first kappa shape index (κ1) is 19.4. The molecule has 0 aromatic heterocycles. The van der Waals surface area contributed by atoms with Gasteiger partial charge in [0.25, 0.3) is 5.91 Å². The number of carbonyl (C=O) groups excluding carboxylic acids is 3. The molecule has 0 spiro atoms. The molecule has 1 fully saturated rings. The zero-order valence-corrected chi connectivity index (χ0v) is 16.3. The van der Waals surface area contributed by atoms with Crippen molar-refractivity contribution in [3.63, 3.8) is 0 Å². The van der Waals surface area contributed by atoms with Crippen molar-refractivity contribution in [1.82, 2.24) is 10.2 Å². The summed E-state index contributed by atoms with van der Waals surface area (Å²) < 4.78 is 5.25. The van der Waals surface area contributed by atoms with E-state index in [0.717, 1.165) is 16.0 Å². The Kier molecular flexibility index (Phi) is 5.09. The van der Waals surface area contributed by atoms with Crippen molar-refractivity contribution in [3.05, 3.63) is 59.2 Å². The highest BCUT2D eigenvalue weighted by atomic mass is 16.5. The summed E-state index contributed by atoms with van der Waals surface area (Å²) in [7, 11) is 1.57. The number of nitrogens with one attached hydrogen (secondary N) is 2. The van der Waals surface area contributed by atoms with E-state index >= 15 is 0 Å². The van der Waals surface area contributed by atoms with Gasteiger partial charge in [0.1, 0.15) is 17.8 Å². The Balaban J connectivity index is 1.76. The van der Waals surface area contributed by atoms with Crippen LogP contribution in [-0.2, 0) is 15.1 Å². The van der Waals surface area contributed by atoms with E-state index in [1.807, 2.05) is 26.0 Å². The molecule has 1 unspecified atom stereocenters. The highest BCUT2D eigenvalue weighted by Gasteiger charge is 2.49. The first-order valence-electron chi connectivity index (χ1n) is 8.90. The third kappa shape index (κ3) is 3.55. The van der Waals surface area contributed by atoms with Crippen LogP contribution in [0.5, 0.6) is 5.75 Å². The van der Waals surface area contributed by atoms with Crippen LogP contribution in [0.4, 0.5) is 10.5 Å². The van der Waals surface area contributed by atoms with E-state index in [1.54, 1.807) is 44.4 Å². The number of hydrogen-bond donors (Lipinski definition) is 2. The van der Waals surface area contributed by atoms with Gasteiger partial charge in [-0.2, -0.15) is 0 Å². The Bertz CT molecular complexity index is 939. The molecular formula is C21H23N3O4. The molecule has 7 nitrogen and oxygen atoms in total. The second kappa shape index (κ2) is 7.34. The maximum absolute atomic E-state index is 13.0. The van der Waals surface area contributed by atoms with Crippen LogP contribution in [-0.4, -0.2) is 36.4 Å². The van der Waals surface area contributed by atoms with Crippen molar-refractivity contribution in [2.75, 3.05) is 19.0 Å². The fourth-order valence-corrected chi connectivity index (χ4v) is 3.21. The molecule has 2 aromatic carbocycles. The standard InChI is InChI=1S/C21H23N3O4/c1-13-5-8-16(9-6-13)22-18(25)12-24-19(26)21(3,23-20(24)27)15-7-10-17(28-4)14(2)11-15/h5-11H,12H2,1-4H3,(H,22,25)(H,23,27). The number of nitrogens with zero attached hydrogens (tertiary/aromatic N) is 1. The first-order chi connectivity index (χ1) is 13.2. The monoisotopic (exact) mass is 381 g/mol. The van der Waals surface area contributed by atoms with Crippen LogP contribution in [0.2, 0.25) is 0 Å². The Morgan fingerprint density at radius 3 is 2.43 bits per heavy atom. The number of amides is 4. The number of urea groups is 1. The summed E-state index contributed by atoms with van der Waals surface area (Å²) in [5.41, 5.74) is 1.91. The molecule has 146 valence electrons. The Morgan fingerprint density at radius 1 is 1.14 bits per heavy atom. The zero-order valence-electron chi connectivity index (χ0n) is 16.3. The topological polar surface area (TPSA) is 87.7 Å². The van der Waals surface area contributed by atoms with Crippen LogP contribution in [0.25, 0.3) is 0 Å². The summed E-state index contributed by atoms with van der Waals surface area (Å²) in [6.07, 6.45) is 0. The minimum absolute atomic E-state index is 0.358. The minimum Gasteiger partial charge on any atom is -0.496 e. The van der Waals surface area contributed by atoms with Gasteiger partial charge in [-0.15, -0.1) is 0 Å². The molecule has 0 radical (unpaired) electrons. The van der Waals surface area contributed by atoms with E-state index in [-0.39, 0.29) is 6.54 Å². The van der Waals surface area contributed by atoms with E-state index in [2.05, 4.69) is 10.6 Å². The molecule has 1 saturated heterocycles. The maximum Gasteiger partial charge on any atom is 0.325 e. The van der Waals surface area contributed by atoms with Crippen LogP contribution in [0.3, 0.4) is 0 Å². The number of hydrogen-bond acceptors (Lipinski definition) is 4. The average Bonchev–Trinajstić information content (AvgIpc) is 2.87. The fourth-order valence-electron chi connectivity index (χ4n) is 3.21. The lowest BCUT2D eigenvalue weighted by molar-refractivity contribution is -0.133. The van der Waals surface area contributed by atoms with Crippen LogP contribution in [0.1, 0.15) is 23.6 Å². The van der Waals surface area contributed by atoms with Gasteiger partial charge >= 0.3 is 6.03 Å². The third-order valence-electron chi connectivity index (χ3n) is 4.88. The first-order valence-corrected chi connectivity index (χ1v) is 8.90. The summed E-state index contributed by atoms with van der Waals surface area (Å²) in [5, 5.41) is 5.40. The summed E-state index contributed by atoms with van der Waals surface area (Å²) in [6.45, 7) is 5.08. The lowest BCUT2D eigenvalue weighted by Crippen LogP contribution is -2.42. The number of benzene rings is 2. The molecule has 2 aromatic rings. The number of imide groups is 1. The van der Waals surface area contributed by atoms with Gasteiger partial charge in [-0.3, -0.25) is 14.5 Å². The minimum atomic E-state index is -1.24. The summed E-state index contributed by atoms with van der Waals surface area (Å²) in [4.78, 5) is 38.6. The molecular weight excluding hydrogens is 358 g/mol. The quantitative estimate of drug-likeness (QED) is 0.780. The second-order valence-corrected chi connectivity index (χ2v) is 7.05. The van der Waals surface area contributed by atoms with Gasteiger partial charge in [0, 0.05) is 5.69 Å². The molecule has 1 atom stereocenters. The van der Waals surface area contributed by atoms with Gasteiger partial charge in [0.2, 0.25) is 5.91 Å². The average molecular weight is 381 g/mol. The van der Waals surface area contributed by atoms with Crippen LogP contribution in [0.15, 0.2) is 42.5 Å². The highest BCUT2D eigenvalue weighted by molar-refractivity contribution is 6.10. The third-order valence-corrected chi connectivity index (χ3v) is 4.88. The number of carbonyl (C=O) groups is 3. The normalized spacial score (nSPS) is 18.8. The van der Waals surface area contributed by atoms with Gasteiger partial charge in [0.15, 0.2) is 0 Å². The number of aryl methyl sites for hydroxylation is 2. The van der Waals surface area contributed by atoms with E-state index in [4.69, 9.17) is 4.74 Å². The van der Waals surface area contributed by atoms with E-state index in [1.165, 1.54) is 0 Å². The predicted molar refractivity (Wildman–Crippen MR) is 105 cm³/mol. The van der Waals surface area contributed by atoms with Crippen molar-refractivity contribution < 1.29 is 19.1 Å². The van der Waals surface area contributed by atoms with Crippen molar-refractivity contribution in [2.45, 2.75) is 26.3 Å². The Labute approximate surface area is 163 Å². The SMILES string of the molecule is COc1ccc(C2(C)NC(=O)N(CC(=O)Nc3ccc(C)cc3)C2=O)cc1C. The van der Waals surface area contributed by atoms with Gasteiger partial charge in [-0.05, 0) is 56.2 Å². The summed E-state index contributed by atoms with van der Waals surface area (Å²) in [5.74, 6) is -0.220. The molecule has 1 aliphatic heterocycles. The fraction of sp³-hybridized carbons (Fsp3) is 0.286. The lowest BCUT2D eigenvalue weighted by Gasteiger charge is -2.23. The number of anilines is 1. The van der Waals surface area contributed by atoms with Crippen molar-refractivity contribution in [1.29, 1.82) is 0 Å². The Hall–Kier alpha value is -3.35. The number of rotatable bonds is 5. The van der Waals surface area contributed by atoms with Crippen LogP contribution < -0.4 is 15.4 Å². The van der Waals surface area contributed by atoms with Crippen molar-refractivity contribution in [3.8, 4) is 5.75 Å². The smallest absolute Gasteiger partial charge is 0.325 e. The van der Waals surface area contributed by atoms with Crippen molar-refractivity contribution >= 4 is 23.5 Å². The van der Waals surface area contributed by atoms with Gasteiger partial charge in [0.05, 0.1) is 7.11 Å². The molecule has 0 bridgehead atoms. The summed E-state index contributed by atoms with van der Waals surface area (Å²) in [6, 6.07) is 12.0. The highest BCUT2D eigenvalue weighted by Crippen LogP contribution is 2.31.